The number of rotatable bonds is 9. The Morgan fingerprint density at radius 2 is 1.29 bits per heavy atom. The molecule has 312 valence electrons. The number of sulfonamides is 2. The predicted molar refractivity (Wildman–Crippen MR) is 214 cm³/mol. The van der Waals surface area contributed by atoms with E-state index in [0.29, 0.717) is 71.1 Å². The van der Waals surface area contributed by atoms with Gasteiger partial charge in [0.1, 0.15) is 6.07 Å². The number of primary amides is 2. The Morgan fingerprint density at radius 1 is 0.797 bits per heavy atom. The average Bonchev–Trinajstić information content (AvgIpc) is 4.02. The highest BCUT2D eigenvalue weighted by Gasteiger charge is 2.49. The standard InChI is InChI=1S/C18H23N9O3S.C18H22N6O3S/c1-9-13-8-26(31(2,29)30)6-10(13)3-14(9)21-16-12(17(19)28)5-20-27-7-11(4-15(16)27)18-22-24-25-23-18;1-10-14-9-23(28(2,26)27)8-12(14)4-15(10)22-17-13(18(20)25)6-21-24-7-11(5-19)3-16(17)24/h4-5,7,9-10,13-14,21H,3,6,8H2,1-2H3,(H2,19,28)(H,22,23,24,25);3,6-7,10,12,14-15,22H,4,8-9H2,1-2H3,(H2,20,25)/t9-,10-,13-,14-;10-,12-,14-,15-/m11/s1. The molecule has 2 saturated heterocycles. The number of fused-ring (bicyclic) bond motifs is 4. The molecule has 2 aliphatic heterocycles. The van der Waals surface area contributed by atoms with Gasteiger partial charge in [-0.3, -0.25) is 9.59 Å². The second-order valence-electron chi connectivity index (χ2n) is 16.3. The Bertz CT molecular complexity index is 2730. The quantitative estimate of drug-likeness (QED) is 0.136. The van der Waals surface area contributed by atoms with E-state index >= 15 is 0 Å². The number of nitrogens with zero attached hydrogens (tertiary/aromatic N) is 10. The zero-order chi connectivity index (χ0) is 42.1. The van der Waals surface area contributed by atoms with Crippen molar-refractivity contribution in [1.82, 2.24) is 48.5 Å². The van der Waals surface area contributed by atoms with Crippen molar-refractivity contribution in [2.45, 2.75) is 38.8 Å². The van der Waals surface area contributed by atoms with Gasteiger partial charge in [-0.2, -0.15) is 20.7 Å². The van der Waals surface area contributed by atoms with Gasteiger partial charge in [-0.1, -0.05) is 13.8 Å². The van der Waals surface area contributed by atoms with Crippen LogP contribution in [0.1, 0.15) is 53.0 Å². The van der Waals surface area contributed by atoms with Gasteiger partial charge in [-0.25, -0.2) is 34.5 Å². The summed E-state index contributed by atoms with van der Waals surface area (Å²) >= 11 is 0. The third kappa shape index (κ3) is 7.45. The predicted octanol–water partition coefficient (Wildman–Crippen LogP) is 0.574. The molecular weight excluding hydrogens is 803 g/mol. The summed E-state index contributed by atoms with van der Waals surface area (Å²) in [7, 11) is -6.37. The van der Waals surface area contributed by atoms with Gasteiger partial charge in [0.15, 0.2) is 0 Å². The van der Waals surface area contributed by atoms with Crippen molar-refractivity contribution >= 4 is 54.3 Å². The van der Waals surface area contributed by atoms with Gasteiger partial charge >= 0.3 is 0 Å². The molecule has 0 bridgehead atoms. The van der Waals surface area contributed by atoms with Gasteiger partial charge in [-0.15, -0.1) is 10.2 Å². The lowest BCUT2D eigenvalue weighted by Gasteiger charge is -2.25. The summed E-state index contributed by atoms with van der Waals surface area (Å²) in [5.41, 5.74) is 15.4. The normalized spacial score (nSPS) is 27.0. The van der Waals surface area contributed by atoms with Crippen LogP contribution in [0.3, 0.4) is 0 Å². The number of amides is 2. The summed E-state index contributed by atoms with van der Waals surface area (Å²) in [4.78, 5) is 24.1. The minimum absolute atomic E-state index is 0.0708. The minimum atomic E-state index is -3.19. The fraction of sp³-hybridized carbons (Fsp3) is 0.500. The molecule has 4 aliphatic rings. The van der Waals surface area contributed by atoms with E-state index in [1.54, 1.807) is 36.1 Å². The van der Waals surface area contributed by atoms with E-state index in [1.807, 2.05) is 6.07 Å². The van der Waals surface area contributed by atoms with Crippen molar-refractivity contribution in [3.8, 4) is 17.5 Å². The number of hydrogen-bond acceptors (Lipinski definition) is 14. The van der Waals surface area contributed by atoms with Gasteiger partial charge in [-0.05, 0) is 65.7 Å². The maximum atomic E-state index is 12.1. The molecule has 7 heterocycles. The number of carbonyl (C=O) groups is 2. The summed E-state index contributed by atoms with van der Waals surface area (Å²) in [6, 6.07) is 5.73. The zero-order valence-electron chi connectivity index (χ0n) is 32.7. The van der Waals surface area contributed by atoms with E-state index in [4.69, 9.17) is 11.5 Å². The van der Waals surface area contributed by atoms with Crippen LogP contribution in [-0.4, -0.2) is 128 Å². The van der Waals surface area contributed by atoms with Crippen LogP contribution in [0, 0.1) is 46.8 Å². The Morgan fingerprint density at radius 3 is 1.71 bits per heavy atom. The number of anilines is 2. The molecule has 2 aliphatic carbocycles. The molecule has 2 saturated carbocycles. The van der Waals surface area contributed by atoms with Crippen molar-refractivity contribution in [1.29, 1.82) is 5.26 Å². The number of carbonyl (C=O) groups excluding carboxylic acids is 2. The lowest BCUT2D eigenvalue weighted by atomic mass is 9.93. The van der Waals surface area contributed by atoms with Crippen LogP contribution in [-0.2, 0) is 20.0 Å². The molecule has 21 nitrogen and oxygen atoms in total. The molecule has 0 unspecified atom stereocenters. The molecule has 2 amide bonds. The van der Waals surface area contributed by atoms with Gasteiger partial charge in [0.25, 0.3) is 11.8 Å². The first-order valence-corrected chi connectivity index (χ1v) is 22.8. The highest BCUT2D eigenvalue weighted by Crippen LogP contribution is 2.46. The first-order chi connectivity index (χ1) is 27.9. The van der Waals surface area contributed by atoms with Crippen LogP contribution in [0.15, 0.2) is 36.9 Å². The smallest absolute Gasteiger partial charge is 0.252 e. The molecule has 9 rings (SSSR count). The Balaban J connectivity index is 0.000000165. The lowest BCUT2D eigenvalue weighted by molar-refractivity contribution is 0.0992. The molecule has 8 atom stereocenters. The second-order valence-corrected chi connectivity index (χ2v) is 20.2. The van der Waals surface area contributed by atoms with Crippen molar-refractivity contribution in [2.24, 2.45) is 47.0 Å². The number of nitriles is 1. The van der Waals surface area contributed by atoms with Crippen LogP contribution in [0.2, 0.25) is 0 Å². The molecular formula is C36H45N15O6S2. The van der Waals surface area contributed by atoms with Crippen LogP contribution in [0.5, 0.6) is 0 Å². The van der Waals surface area contributed by atoms with Crippen molar-refractivity contribution in [3.63, 3.8) is 0 Å². The topological polar surface area (TPSA) is 298 Å². The molecule has 59 heavy (non-hydrogen) atoms. The summed E-state index contributed by atoms with van der Waals surface area (Å²) < 4.78 is 53.9. The summed E-state index contributed by atoms with van der Waals surface area (Å²) in [5.74, 6) is 0.778. The molecule has 0 aromatic carbocycles. The monoisotopic (exact) mass is 847 g/mol. The van der Waals surface area contributed by atoms with Gasteiger partial charge in [0, 0.05) is 56.2 Å². The minimum Gasteiger partial charge on any atom is -0.380 e. The summed E-state index contributed by atoms with van der Waals surface area (Å²) in [5, 5.41) is 38.6. The molecule has 5 aromatic rings. The van der Waals surface area contributed by atoms with Crippen LogP contribution >= 0.6 is 0 Å². The third-order valence-electron chi connectivity index (χ3n) is 12.8. The summed E-state index contributed by atoms with van der Waals surface area (Å²) in [6.07, 6.45) is 10.3. The molecule has 0 radical (unpaired) electrons. The van der Waals surface area contributed by atoms with Crippen LogP contribution < -0.4 is 22.1 Å². The highest BCUT2D eigenvalue weighted by molar-refractivity contribution is 7.88. The fourth-order valence-electron chi connectivity index (χ4n) is 9.63. The molecule has 0 spiro atoms. The second kappa shape index (κ2) is 14.8. The first-order valence-electron chi connectivity index (χ1n) is 19.1. The van der Waals surface area contributed by atoms with E-state index in [-0.39, 0.29) is 53.2 Å². The van der Waals surface area contributed by atoms with Crippen LogP contribution in [0.25, 0.3) is 22.4 Å². The number of hydrogen-bond donors (Lipinski definition) is 5. The van der Waals surface area contributed by atoms with Gasteiger partial charge < -0.3 is 22.1 Å². The van der Waals surface area contributed by atoms with Crippen molar-refractivity contribution < 1.29 is 26.4 Å². The molecule has 5 aromatic heterocycles. The van der Waals surface area contributed by atoms with Crippen LogP contribution in [0.4, 0.5) is 11.4 Å². The van der Waals surface area contributed by atoms with E-state index < -0.39 is 31.9 Å². The maximum Gasteiger partial charge on any atom is 0.252 e. The lowest BCUT2D eigenvalue weighted by Crippen LogP contribution is -2.33. The number of H-pyrrole nitrogens is 1. The van der Waals surface area contributed by atoms with Crippen molar-refractivity contribution in [3.05, 3.63) is 53.6 Å². The summed E-state index contributed by atoms with van der Waals surface area (Å²) in [6.45, 7) is 6.36. The zero-order valence-corrected chi connectivity index (χ0v) is 34.4. The van der Waals surface area contributed by atoms with E-state index in [2.05, 4.69) is 61.4 Å². The number of aromatic nitrogens is 8. The largest absolute Gasteiger partial charge is 0.380 e. The fourth-order valence-corrected chi connectivity index (χ4v) is 11.4. The number of nitrogens with two attached hydrogens (primary N) is 2. The molecule has 23 heteroatoms. The highest BCUT2D eigenvalue weighted by atomic mass is 32.2. The van der Waals surface area contributed by atoms with E-state index in [9.17, 15) is 31.7 Å². The Hall–Kier alpha value is -5.70. The molecule has 4 fully saturated rings. The van der Waals surface area contributed by atoms with E-state index in [0.717, 1.165) is 12.8 Å². The van der Waals surface area contributed by atoms with E-state index in [1.165, 1.54) is 24.9 Å². The first kappa shape index (κ1) is 40.1. The Labute approximate surface area is 339 Å². The average molecular weight is 848 g/mol. The Kier molecular flexibility index (Phi) is 10.1. The van der Waals surface area contributed by atoms with Crippen molar-refractivity contribution in [2.75, 3.05) is 49.3 Å². The number of aromatic amines is 1. The number of nitrogens with one attached hydrogen (secondary N) is 3. The maximum absolute atomic E-state index is 12.1. The SMILES string of the molecule is C[C@@H]1[C@H]2CN(S(C)(=O)=O)C[C@H]2C[C@H]1Nc1c(C(N)=O)cnn2cc(-c3nn[nH]n3)cc12.C[C@@H]1[C@H]2CN(S(C)(=O)=O)C[C@H]2C[C@H]1Nc1c(C(N)=O)cnn2cc(C#N)cc12. The molecule has 7 N–H and O–H groups in total. The number of tetrazole rings is 1. The van der Waals surface area contributed by atoms with Gasteiger partial charge in [0.05, 0.1) is 64.0 Å². The van der Waals surface area contributed by atoms with Gasteiger partial charge in [0.2, 0.25) is 25.9 Å². The third-order valence-corrected chi connectivity index (χ3v) is 15.3.